The number of carbonyl (C=O) groups excluding carboxylic acids is 1. The number of anilines is 1. The summed E-state index contributed by atoms with van der Waals surface area (Å²) < 4.78 is 0. The van der Waals surface area contributed by atoms with Crippen LogP contribution in [0.5, 0.6) is 0 Å². The van der Waals surface area contributed by atoms with E-state index in [4.69, 9.17) is 10.8 Å². The minimum Gasteiger partial charge on any atom is -0.392 e. The van der Waals surface area contributed by atoms with E-state index in [1.165, 1.54) is 0 Å². The molecule has 0 radical (unpaired) electrons. The van der Waals surface area contributed by atoms with Gasteiger partial charge in [0.15, 0.2) is 0 Å². The predicted molar refractivity (Wildman–Crippen MR) is 92.3 cm³/mol. The molecule has 0 bridgehead atoms. The van der Waals surface area contributed by atoms with Gasteiger partial charge in [-0.15, -0.1) is 0 Å². The Labute approximate surface area is 139 Å². The zero-order valence-electron chi connectivity index (χ0n) is 13.0. The van der Waals surface area contributed by atoms with E-state index in [-0.39, 0.29) is 19.1 Å². The van der Waals surface area contributed by atoms with E-state index >= 15 is 0 Å². The van der Waals surface area contributed by atoms with Crippen LogP contribution in [-0.2, 0) is 11.4 Å². The molecule has 0 fully saturated rings. The van der Waals surface area contributed by atoms with E-state index in [1.807, 2.05) is 18.2 Å². The molecule has 0 saturated carbocycles. The maximum Gasteiger partial charge on any atom is 0.234 e. The first kappa shape index (κ1) is 16.0. The smallest absolute Gasteiger partial charge is 0.234 e. The number of fused-ring (bicyclic) bond motifs is 1. The number of aliphatic hydroxyl groups excluding tert-OH is 1. The van der Waals surface area contributed by atoms with Crippen LogP contribution in [0.4, 0.5) is 5.82 Å². The van der Waals surface area contributed by atoms with Crippen LogP contribution in [0, 0.1) is 0 Å². The van der Waals surface area contributed by atoms with Crippen molar-refractivity contribution in [2.45, 2.75) is 12.5 Å². The minimum absolute atomic E-state index is 0.0321. The van der Waals surface area contributed by atoms with Crippen LogP contribution in [0.3, 0.4) is 0 Å². The third-order valence-electron chi connectivity index (χ3n) is 3.86. The predicted octanol–water partition coefficient (Wildman–Crippen LogP) is 1.80. The van der Waals surface area contributed by atoms with Gasteiger partial charge in [0.05, 0.1) is 18.0 Å². The number of carbonyl (C=O) groups is 1. The zero-order chi connectivity index (χ0) is 16.9. The molecular formula is C18H18N4O2. The van der Waals surface area contributed by atoms with Gasteiger partial charge in [-0.2, -0.15) is 0 Å². The van der Waals surface area contributed by atoms with Gasteiger partial charge >= 0.3 is 0 Å². The molecule has 1 amide bonds. The van der Waals surface area contributed by atoms with E-state index < -0.39 is 5.92 Å². The first-order chi connectivity index (χ1) is 11.7. The highest BCUT2D eigenvalue weighted by Crippen LogP contribution is 2.19. The Balaban J connectivity index is 1.79. The molecule has 4 N–H and O–H groups in total. The number of nitrogens with zero attached hydrogens (tertiary/aromatic N) is 2. The van der Waals surface area contributed by atoms with Gasteiger partial charge in [0.25, 0.3) is 0 Å². The van der Waals surface area contributed by atoms with Gasteiger partial charge in [0.2, 0.25) is 5.91 Å². The molecule has 6 nitrogen and oxygen atoms in total. The SMILES string of the molecule is NCC(C(=O)Nc1ccc2cnccc2n1)c1ccc(CO)cc1. The molecule has 122 valence electrons. The van der Waals surface area contributed by atoms with E-state index in [2.05, 4.69) is 15.3 Å². The Kier molecular flexibility index (Phi) is 4.79. The van der Waals surface area contributed by atoms with Gasteiger partial charge in [-0.3, -0.25) is 9.78 Å². The molecule has 0 aliphatic heterocycles. The normalized spacial score (nSPS) is 12.1. The number of benzene rings is 1. The number of rotatable bonds is 5. The summed E-state index contributed by atoms with van der Waals surface area (Å²) in [5.74, 6) is -0.216. The van der Waals surface area contributed by atoms with Crippen molar-refractivity contribution >= 4 is 22.6 Å². The molecule has 3 rings (SSSR count). The Morgan fingerprint density at radius 3 is 2.67 bits per heavy atom. The van der Waals surface area contributed by atoms with E-state index in [9.17, 15) is 4.79 Å². The Hall–Kier alpha value is -2.83. The standard InChI is InChI=1S/C18H18N4O2/c19-9-15(13-3-1-12(11-23)2-4-13)18(24)22-17-6-5-14-10-20-8-7-16(14)21-17/h1-8,10,15,23H,9,11,19H2,(H,21,22,24). The van der Waals surface area contributed by atoms with Gasteiger partial charge in [0, 0.05) is 24.3 Å². The van der Waals surface area contributed by atoms with Crippen molar-refractivity contribution in [3.63, 3.8) is 0 Å². The Morgan fingerprint density at radius 2 is 1.96 bits per heavy atom. The van der Waals surface area contributed by atoms with Crippen molar-refractivity contribution in [2.24, 2.45) is 5.73 Å². The van der Waals surface area contributed by atoms with Crippen molar-refractivity contribution in [3.05, 3.63) is 66.0 Å². The maximum absolute atomic E-state index is 12.5. The lowest BCUT2D eigenvalue weighted by Gasteiger charge is -2.15. The van der Waals surface area contributed by atoms with Crippen LogP contribution in [0.15, 0.2) is 54.9 Å². The number of aromatic nitrogens is 2. The lowest BCUT2D eigenvalue weighted by atomic mass is 9.97. The second kappa shape index (κ2) is 7.16. The summed E-state index contributed by atoms with van der Waals surface area (Å²) in [5, 5.41) is 12.8. The first-order valence-electron chi connectivity index (χ1n) is 7.62. The average Bonchev–Trinajstić information content (AvgIpc) is 2.63. The molecule has 0 saturated heterocycles. The molecule has 1 unspecified atom stereocenters. The van der Waals surface area contributed by atoms with Gasteiger partial charge in [-0.05, 0) is 29.3 Å². The number of aliphatic hydroxyl groups is 1. The summed E-state index contributed by atoms with van der Waals surface area (Å²) in [6.45, 7) is 0.150. The summed E-state index contributed by atoms with van der Waals surface area (Å²) in [5.41, 5.74) is 8.14. The summed E-state index contributed by atoms with van der Waals surface area (Å²) in [7, 11) is 0. The third kappa shape index (κ3) is 3.40. The number of amides is 1. The number of pyridine rings is 2. The molecule has 3 aromatic rings. The van der Waals surface area contributed by atoms with Crippen LogP contribution in [-0.4, -0.2) is 27.5 Å². The quantitative estimate of drug-likeness (QED) is 0.665. The van der Waals surface area contributed by atoms with Crippen LogP contribution >= 0.6 is 0 Å². The number of nitrogens with one attached hydrogen (secondary N) is 1. The van der Waals surface area contributed by atoms with Crippen molar-refractivity contribution in [2.75, 3.05) is 11.9 Å². The highest BCUT2D eigenvalue weighted by Gasteiger charge is 2.19. The summed E-state index contributed by atoms with van der Waals surface area (Å²) in [6, 6.07) is 12.6. The molecule has 24 heavy (non-hydrogen) atoms. The molecule has 0 aliphatic carbocycles. The highest BCUT2D eigenvalue weighted by molar-refractivity contribution is 5.96. The molecular weight excluding hydrogens is 304 g/mol. The molecule has 0 aliphatic rings. The largest absolute Gasteiger partial charge is 0.392 e. The Bertz CT molecular complexity index is 849. The van der Waals surface area contributed by atoms with Crippen LogP contribution in [0.1, 0.15) is 17.0 Å². The molecule has 6 heteroatoms. The number of hydrogen-bond donors (Lipinski definition) is 3. The zero-order valence-corrected chi connectivity index (χ0v) is 13.0. The van der Waals surface area contributed by atoms with Gasteiger partial charge in [-0.25, -0.2) is 4.98 Å². The summed E-state index contributed by atoms with van der Waals surface area (Å²) in [6.07, 6.45) is 3.38. The second-order valence-electron chi connectivity index (χ2n) is 5.44. The summed E-state index contributed by atoms with van der Waals surface area (Å²) in [4.78, 5) is 21.0. The van der Waals surface area contributed by atoms with E-state index in [0.717, 1.165) is 22.0 Å². The lowest BCUT2D eigenvalue weighted by Crippen LogP contribution is -2.27. The maximum atomic E-state index is 12.5. The fourth-order valence-electron chi connectivity index (χ4n) is 2.50. The van der Waals surface area contributed by atoms with Crippen LogP contribution < -0.4 is 11.1 Å². The van der Waals surface area contributed by atoms with Crippen molar-refractivity contribution in [1.29, 1.82) is 0 Å². The fraction of sp³-hybridized carbons (Fsp3) is 0.167. The monoisotopic (exact) mass is 322 g/mol. The lowest BCUT2D eigenvalue weighted by molar-refractivity contribution is -0.117. The molecule has 0 spiro atoms. The van der Waals surface area contributed by atoms with Crippen molar-refractivity contribution < 1.29 is 9.90 Å². The Morgan fingerprint density at radius 1 is 1.17 bits per heavy atom. The average molecular weight is 322 g/mol. The van der Waals surface area contributed by atoms with Gasteiger partial charge < -0.3 is 16.2 Å². The fourth-order valence-corrected chi connectivity index (χ4v) is 2.50. The van der Waals surface area contributed by atoms with Crippen LogP contribution in [0.2, 0.25) is 0 Å². The number of hydrogen-bond acceptors (Lipinski definition) is 5. The number of nitrogens with two attached hydrogens (primary N) is 1. The molecule has 1 aromatic carbocycles. The third-order valence-corrected chi connectivity index (χ3v) is 3.86. The van der Waals surface area contributed by atoms with E-state index in [0.29, 0.717) is 5.82 Å². The molecule has 2 heterocycles. The summed E-state index contributed by atoms with van der Waals surface area (Å²) >= 11 is 0. The van der Waals surface area contributed by atoms with Crippen molar-refractivity contribution in [3.8, 4) is 0 Å². The molecule has 2 aromatic heterocycles. The topological polar surface area (TPSA) is 101 Å². The van der Waals surface area contributed by atoms with Crippen molar-refractivity contribution in [1.82, 2.24) is 9.97 Å². The van der Waals surface area contributed by atoms with E-state index in [1.54, 1.807) is 36.7 Å². The first-order valence-corrected chi connectivity index (χ1v) is 7.62. The van der Waals surface area contributed by atoms with Gasteiger partial charge in [-0.1, -0.05) is 24.3 Å². The van der Waals surface area contributed by atoms with Crippen LogP contribution in [0.25, 0.3) is 10.9 Å². The minimum atomic E-state index is -0.479. The highest BCUT2D eigenvalue weighted by atomic mass is 16.3. The van der Waals surface area contributed by atoms with Gasteiger partial charge in [0.1, 0.15) is 5.82 Å². The second-order valence-corrected chi connectivity index (χ2v) is 5.44. The molecule has 1 atom stereocenters.